The number of hydrogen-bond donors (Lipinski definition) is 1. The van der Waals surface area contributed by atoms with Gasteiger partial charge in [0.25, 0.3) is 0 Å². The topological polar surface area (TPSA) is 58.1 Å². The van der Waals surface area contributed by atoms with Gasteiger partial charge in [0.05, 0.1) is 4.47 Å². The number of hydrogen-bond acceptors (Lipinski definition) is 4. The first-order valence-electron chi connectivity index (χ1n) is 5.61. The Balaban J connectivity index is 2.62. The normalized spacial score (nSPS) is 12.0. The lowest BCUT2D eigenvalue weighted by Crippen LogP contribution is -2.41. The van der Waals surface area contributed by atoms with Gasteiger partial charge in [-0.15, -0.1) is 0 Å². The summed E-state index contributed by atoms with van der Waals surface area (Å²) >= 11 is 3.26. The lowest BCUT2D eigenvalue weighted by atomic mass is 10.3. The molecule has 17 heavy (non-hydrogen) atoms. The van der Waals surface area contributed by atoms with Crippen LogP contribution in [0.25, 0.3) is 0 Å². The molecule has 0 saturated heterocycles. The van der Waals surface area contributed by atoms with Gasteiger partial charge >= 0.3 is 0 Å². The molecule has 0 spiro atoms. The Morgan fingerprint density at radius 3 is 2.41 bits per heavy atom. The highest BCUT2D eigenvalue weighted by atomic mass is 79.9. The summed E-state index contributed by atoms with van der Waals surface area (Å²) in [6, 6.07) is -0.323. The molecule has 0 fully saturated rings. The number of carbonyl (C=O) groups is 1. The Kier molecular flexibility index (Phi) is 5.34. The van der Waals surface area contributed by atoms with Crippen molar-refractivity contribution in [1.29, 1.82) is 0 Å². The molecular formula is C11H17BrN4O. The van der Waals surface area contributed by atoms with Crippen LogP contribution in [0, 0.1) is 0 Å². The van der Waals surface area contributed by atoms with Gasteiger partial charge in [-0.25, -0.2) is 9.97 Å². The number of anilines is 1. The minimum absolute atomic E-state index is 0.0570. The van der Waals surface area contributed by atoms with E-state index in [1.807, 2.05) is 20.8 Å². The van der Waals surface area contributed by atoms with E-state index < -0.39 is 0 Å². The van der Waals surface area contributed by atoms with Crippen LogP contribution in [-0.2, 0) is 4.79 Å². The zero-order valence-corrected chi connectivity index (χ0v) is 11.9. The highest BCUT2D eigenvalue weighted by molar-refractivity contribution is 9.10. The summed E-state index contributed by atoms with van der Waals surface area (Å²) in [5, 5.41) is 2.98. The van der Waals surface area contributed by atoms with Crippen LogP contribution in [0.5, 0.6) is 0 Å². The first kappa shape index (κ1) is 13.9. The Hall–Kier alpha value is -1.17. The fraction of sp³-hybridized carbons (Fsp3) is 0.545. The molecule has 0 radical (unpaired) electrons. The van der Waals surface area contributed by atoms with Crippen molar-refractivity contribution in [1.82, 2.24) is 14.9 Å². The van der Waals surface area contributed by atoms with Crippen molar-refractivity contribution in [2.45, 2.75) is 26.8 Å². The molecule has 1 aromatic heterocycles. The maximum atomic E-state index is 12.0. The summed E-state index contributed by atoms with van der Waals surface area (Å²) < 4.78 is 0.811. The maximum absolute atomic E-state index is 12.0. The first-order chi connectivity index (χ1) is 8.08. The SMILES string of the molecule is CCN(CC)C(=O)C(C)Nc1ncc(Br)cn1. The van der Waals surface area contributed by atoms with Crippen molar-refractivity contribution >= 4 is 27.8 Å². The molecule has 0 aromatic carbocycles. The molecule has 1 unspecified atom stereocenters. The molecule has 0 aliphatic rings. The van der Waals surface area contributed by atoms with Gasteiger partial charge in [-0.05, 0) is 36.7 Å². The van der Waals surface area contributed by atoms with E-state index in [1.165, 1.54) is 0 Å². The molecule has 1 rings (SSSR count). The van der Waals surface area contributed by atoms with Crippen LogP contribution in [0.1, 0.15) is 20.8 Å². The third kappa shape index (κ3) is 3.96. The second-order valence-corrected chi connectivity index (χ2v) is 4.52. The molecule has 0 aliphatic carbocycles. The molecule has 1 amide bonds. The molecule has 1 heterocycles. The summed E-state index contributed by atoms with van der Waals surface area (Å²) in [4.78, 5) is 21.9. The van der Waals surface area contributed by atoms with E-state index in [2.05, 4.69) is 31.2 Å². The molecule has 0 saturated carbocycles. The Labute approximate surface area is 110 Å². The molecule has 1 N–H and O–H groups in total. The summed E-state index contributed by atoms with van der Waals surface area (Å²) in [6.45, 7) is 7.16. The predicted octanol–water partition coefficient (Wildman–Crippen LogP) is 1.91. The van der Waals surface area contributed by atoms with E-state index in [9.17, 15) is 4.79 Å². The number of nitrogens with one attached hydrogen (secondary N) is 1. The second kappa shape index (κ2) is 6.54. The number of nitrogens with zero attached hydrogens (tertiary/aromatic N) is 3. The Bertz CT molecular complexity index is 364. The highest BCUT2D eigenvalue weighted by Gasteiger charge is 2.18. The average Bonchev–Trinajstić information content (AvgIpc) is 2.33. The van der Waals surface area contributed by atoms with Crippen LogP contribution in [0.15, 0.2) is 16.9 Å². The molecule has 5 nitrogen and oxygen atoms in total. The quantitative estimate of drug-likeness (QED) is 0.902. The average molecular weight is 301 g/mol. The molecule has 6 heteroatoms. The van der Waals surface area contributed by atoms with E-state index in [4.69, 9.17) is 0 Å². The van der Waals surface area contributed by atoms with Crippen LogP contribution in [0.2, 0.25) is 0 Å². The molecule has 0 aliphatic heterocycles. The minimum Gasteiger partial charge on any atom is -0.343 e. The maximum Gasteiger partial charge on any atom is 0.244 e. The molecule has 1 atom stereocenters. The van der Waals surface area contributed by atoms with Gasteiger partial charge in [0.15, 0.2) is 0 Å². The Morgan fingerprint density at radius 1 is 1.41 bits per heavy atom. The monoisotopic (exact) mass is 300 g/mol. The second-order valence-electron chi connectivity index (χ2n) is 3.60. The lowest BCUT2D eigenvalue weighted by molar-refractivity contribution is -0.131. The number of halogens is 1. The third-order valence-electron chi connectivity index (χ3n) is 2.41. The van der Waals surface area contributed by atoms with Crippen molar-refractivity contribution in [2.24, 2.45) is 0 Å². The van der Waals surface area contributed by atoms with Gasteiger partial charge in [-0.1, -0.05) is 0 Å². The zero-order valence-electron chi connectivity index (χ0n) is 10.3. The van der Waals surface area contributed by atoms with Crippen LogP contribution in [0.4, 0.5) is 5.95 Å². The summed E-state index contributed by atoms with van der Waals surface area (Å²) in [7, 11) is 0. The number of rotatable bonds is 5. The van der Waals surface area contributed by atoms with E-state index in [1.54, 1.807) is 17.3 Å². The van der Waals surface area contributed by atoms with Gasteiger partial charge in [-0.2, -0.15) is 0 Å². The van der Waals surface area contributed by atoms with Crippen molar-refractivity contribution in [3.8, 4) is 0 Å². The zero-order chi connectivity index (χ0) is 12.8. The van der Waals surface area contributed by atoms with E-state index in [-0.39, 0.29) is 11.9 Å². The molecule has 94 valence electrons. The predicted molar refractivity (Wildman–Crippen MR) is 70.7 cm³/mol. The summed E-state index contributed by atoms with van der Waals surface area (Å²) in [5.74, 6) is 0.516. The number of amides is 1. The van der Waals surface area contributed by atoms with Gasteiger partial charge in [0.1, 0.15) is 6.04 Å². The van der Waals surface area contributed by atoms with Crippen LogP contribution in [0.3, 0.4) is 0 Å². The van der Waals surface area contributed by atoms with Gasteiger partial charge in [-0.3, -0.25) is 4.79 Å². The molecule has 1 aromatic rings. The van der Waals surface area contributed by atoms with Gasteiger partial charge in [0, 0.05) is 25.5 Å². The summed E-state index contributed by atoms with van der Waals surface area (Å²) in [5.41, 5.74) is 0. The van der Waals surface area contributed by atoms with Crippen molar-refractivity contribution < 1.29 is 4.79 Å². The molecule has 0 bridgehead atoms. The number of aromatic nitrogens is 2. The van der Waals surface area contributed by atoms with E-state index in [0.717, 1.165) is 4.47 Å². The first-order valence-corrected chi connectivity index (χ1v) is 6.40. The molecular weight excluding hydrogens is 284 g/mol. The minimum atomic E-state index is -0.323. The standard InChI is InChI=1S/C11H17BrN4O/c1-4-16(5-2)10(17)8(3)15-11-13-6-9(12)7-14-11/h6-8H,4-5H2,1-3H3,(H,13,14,15). The van der Waals surface area contributed by atoms with Crippen LogP contribution >= 0.6 is 15.9 Å². The smallest absolute Gasteiger partial charge is 0.244 e. The largest absolute Gasteiger partial charge is 0.343 e. The fourth-order valence-electron chi connectivity index (χ4n) is 1.45. The Morgan fingerprint density at radius 2 is 1.94 bits per heavy atom. The van der Waals surface area contributed by atoms with Crippen LogP contribution < -0.4 is 5.32 Å². The lowest BCUT2D eigenvalue weighted by Gasteiger charge is -2.23. The van der Waals surface area contributed by atoms with Crippen molar-refractivity contribution in [3.05, 3.63) is 16.9 Å². The van der Waals surface area contributed by atoms with E-state index >= 15 is 0 Å². The fourth-order valence-corrected chi connectivity index (χ4v) is 1.66. The van der Waals surface area contributed by atoms with Gasteiger partial charge < -0.3 is 10.2 Å². The highest BCUT2D eigenvalue weighted by Crippen LogP contribution is 2.08. The number of carbonyl (C=O) groups excluding carboxylic acids is 1. The van der Waals surface area contributed by atoms with Crippen molar-refractivity contribution in [3.63, 3.8) is 0 Å². The number of likely N-dealkylation sites (N-methyl/N-ethyl adjacent to an activating group) is 1. The van der Waals surface area contributed by atoms with Gasteiger partial charge in [0.2, 0.25) is 11.9 Å². The van der Waals surface area contributed by atoms with Crippen molar-refractivity contribution in [2.75, 3.05) is 18.4 Å². The summed E-state index contributed by atoms with van der Waals surface area (Å²) in [6.07, 6.45) is 3.29. The third-order valence-corrected chi connectivity index (χ3v) is 2.82. The van der Waals surface area contributed by atoms with E-state index in [0.29, 0.717) is 19.0 Å². The van der Waals surface area contributed by atoms with Crippen LogP contribution in [-0.4, -0.2) is 39.9 Å².